The van der Waals surface area contributed by atoms with Gasteiger partial charge in [0.05, 0.1) is 11.0 Å². The topological polar surface area (TPSA) is 44.0 Å². The molecule has 1 aliphatic carbocycles. The van der Waals surface area contributed by atoms with E-state index in [1.54, 1.807) is 0 Å². The van der Waals surface area contributed by atoms with Gasteiger partial charge in [0.1, 0.15) is 5.82 Å². The molecular formula is C20H28N4S. The molecule has 0 amide bonds. The summed E-state index contributed by atoms with van der Waals surface area (Å²) in [5, 5.41) is 4.57. The number of likely N-dealkylation sites (tertiary alicyclic amines) is 1. The van der Waals surface area contributed by atoms with Gasteiger partial charge in [-0.1, -0.05) is 25.3 Å². The van der Waals surface area contributed by atoms with E-state index >= 15 is 0 Å². The lowest BCUT2D eigenvalue weighted by Crippen LogP contribution is -2.48. The molecule has 2 aromatic rings. The number of nitrogens with one attached hydrogen (secondary N) is 2. The summed E-state index contributed by atoms with van der Waals surface area (Å²) < 4.78 is 0. The number of aromatic amines is 1. The van der Waals surface area contributed by atoms with Gasteiger partial charge in [0.25, 0.3) is 0 Å². The summed E-state index contributed by atoms with van der Waals surface area (Å²) >= 11 is 5.72. The van der Waals surface area contributed by atoms with Crippen molar-refractivity contribution >= 4 is 28.4 Å². The third kappa shape index (κ3) is 3.81. The Morgan fingerprint density at radius 1 is 1.20 bits per heavy atom. The third-order valence-electron chi connectivity index (χ3n) is 5.68. The molecule has 5 heteroatoms. The smallest absolute Gasteiger partial charge is 0.169 e. The van der Waals surface area contributed by atoms with Crippen molar-refractivity contribution in [1.82, 2.24) is 20.2 Å². The van der Waals surface area contributed by atoms with Crippen LogP contribution in [0.5, 0.6) is 0 Å². The zero-order chi connectivity index (χ0) is 17.2. The van der Waals surface area contributed by atoms with E-state index in [2.05, 4.69) is 40.3 Å². The van der Waals surface area contributed by atoms with Crippen LogP contribution in [0.15, 0.2) is 18.2 Å². The van der Waals surface area contributed by atoms with Gasteiger partial charge in [-0.15, -0.1) is 0 Å². The fraction of sp³-hybridized carbons (Fsp3) is 0.600. The third-order valence-corrected chi connectivity index (χ3v) is 6.06. The van der Waals surface area contributed by atoms with Gasteiger partial charge in [-0.25, -0.2) is 4.98 Å². The Labute approximate surface area is 155 Å². The predicted molar refractivity (Wildman–Crippen MR) is 107 cm³/mol. The van der Waals surface area contributed by atoms with Crippen LogP contribution >= 0.6 is 12.2 Å². The van der Waals surface area contributed by atoms with Crippen LogP contribution < -0.4 is 5.32 Å². The van der Waals surface area contributed by atoms with Crippen LogP contribution in [0.1, 0.15) is 62.3 Å². The van der Waals surface area contributed by atoms with Crippen molar-refractivity contribution in [1.29, 1.82) is 0 Å². The number of hydrogen-bond acceptors (Lipinski definition) is 2. The summed E-state index contributed by atoms with van der Waals surface area (Å²) in [4.78, 5) is 10.7. The highest BCUT2D eigenvalue weighted by Gasteiger charge is 2.26. The van der Waals surface area contributed by atoms with Gasteiger partial charge in [-0.2, -0.15) is 0 Å². The first-order valence-electron chi connectivity index (χ1n) is 9.71. The van der Waals surface area contributed by atoms with Crippen LogP contribution in [0.3, 0.4) is 0 Å². The minimum absolute atomic E-state index is 0.438. The second-order valence-electron chi connectivity index (χ2n) is 7.71. The molecular weight excluding hydrogens is 328 g/mol. The number of rotatable bonds is 2. The molecule has 1 aromatic heterocycles. The number of hydrogen-bond donors (Lipinski definition) is 2. The molecule has 4 rings (SSSR count). The highest BCUT2D eigenvalue weighted by Crippen LogP contribution is 2.27. The molecule has 25 heavy (non-hydrogen) atoms. The van der Waals surface area contributed by atoms with E-state index in [-0.39, 0.29) is 0 Å². The minimum atomic E-state index is 0.438. The van der Waals surface area contributed by atoms with Crippen LogP contribution in [-0.4, -0.2) is 39.1 Å². The van der Waals surface area contributed by atoms with E-state index in [0.717, 1.165) is 35.1 Å². The summed E-state index contributed by atoms with van der Waals surface area (Å²) in [6.07, 6.45) is 8.93. The Balaban J connectivity index is 1.43. The zero-order valence-electron chi connectivity index (χ0n) is 15.1. The lowest BCUT2D eigenvalue weighted by Gasteiger charge is -2.36. The maximum Gasteiger partial charge on any atom is 0.169 e. The number of H-pyrrole nitrogens is 1. The van der Waals surface area contributed by atoms with Gasteiger partial charge in [0.2, 0.25) is 0 Å². The zero-order valence-corrected chi connectivity index (χ0v) is 15.9. The summed E-state index contributed by atoms with van der Waals surface area (Å²) in [7, 11) is 0. The van der Waals surface area contributed by atoms with Crippen LogP contribution in [0, 0.1) is 6.92 Å². The van der Waals surface area contributed by atoms with Crippen molar-refractivity contribution < 1.29 is 0 Å². The maximum absolute atomic E-state index is 5.72. The van der Waals surface area contributed by atoms with Crippen molar-refractivity contribution in [2.75, 3.05) is 13.1 Å². The number of piperidine rings is 1. The molecule has 1 unspecified atom stereocenters. The molecule has 0 radical (unpaired) electrons. The SMILES string of the molecule is Cc1ccc2nc(C3CCCN(C(=S)NC4CCCCC4)C3)[nH]c2c1. The van der Waals surface area contributed by atoms with Gasteiger partial charge >= 0.3 is 0 Å². The first-order chi connectivity index (χ1) is 12.2. The monoisotopic (exact) mass is 356 g/mol. The largest absolute Gasteiger partial charge is 0.360 e. The average molecular weight is 357 g/mol. The standard InChI is InChI=1S/C20H28N4S/c1-14-9-10-17-18(12-14)23-19(22-17)15-6-5-11-24(13-15)20(25)21-16-7-3-2-4-8-16/h9-10,12,15-16H,2-8,11,13H2,1H3,(H,21,25)(H,22,23). The number of imidazole rings is 1. The summed E-state index contributed by atoms with van der Waals surface area (Å²) in [6.45, 7) is 4.16. The number of aryl methyl sites for hydroxylation is 1. The molecule has 0 spiro atoms. The van der Waals surface area contributed by atoms with E-state index in [1.165, 1.54) is 50.5 Å². The second kappa shape index (κ2) is 7.32. The molecule has 134 valence electrons. The van der Waals surface area contributed by atoms with Gasteiger partial charge in [-0.05, 0) is 62.5 Å². The van der Waals surface area contributed by atoms with E-state index in [1.807, 2.05) is 0 Å². The van der Waals surface area contributed by atoms with E-state index in [9.17, 15) is 0 Å². The van der Waals surface area contributed by atoms with Crippen molar-refractivity contribution in [3.63, 3.8) is 0 Å². The van der Waals surface area contributed by atoms with Crippen LogP contribution in [0.25, 0.3) is 11.0 Å². The summed E-state index contributed by atoms with van der Waals surface area (Å²) in [5.41, 5.74) is 3.49. The Bertz CT molecular complexity index is 747. The van der Waals surface area contributed by atoms with Gasteiger partial charge in [-0.3, -0.25) is 0 Å². The highest BCUT2D eigenvalue weighted by atomic mass is 32.1. The number of nitrogens with zero attached hydrogens (tertiary/aromatic N) is 2. The number of benzene rings is 1. The fourth-order valence-corrected chi connectivity index (χ4v) is 4.57. The van der Waals surface area contributed by atoms with Gasteiger partial charge in [0.15, 0.2) is 5.11 Å². The van der Waals surface area contributed by atoms with Crippen LogP contribution in [0.4, 0.5) is 0 Å². The van der Waals surface area contributed by atoms with Crippen molar-refractivity contribution in [2.45, 2.75) is 63.8 Å². The molecule has 1 aromatic carbocycles. The molecule has 0 bridgehead atoms. The predicted octanol–water partition coefficient (Wildman–Crippen LogP) is 4.26. The van der Waals surface area contributed by atoms with E-state index < -0.39 is 0 Å². The number of fused-ring (bicyclic) bond motifs is 1. The lowest BCUT2D eigenvalue weighted by molar-refractivity contribution is 0.292. The van der Waals surface area contributed by atoms with Gasteiger partial charge in [0, 0.05) is 25.0 Å². The Hall–Kier alpha value is -1.62. The van der Waals surface area contributed by atoms with Crippen molar-refractivity contribution in [2.24, 2.45) is 0 Å². The molecule has 2 fully saturated rings. The lowest BCUT2D eigenvalue weighted by atomic mass is 9.95. The van der Waals surface area contributed by atoms with Gasteiger partial charge < -0.3 is 15.2 Å². The summed E-state index contributed by atoms with van der Waals surface area (Å²) in [6, 6.07) is 7.00. The maximum atomic E-state index is 5.72. The number of thiocarbonyl (C=S) groups is 1. The number of aromatic nitrogens is 2. The quantitative estimate of drug-likeness (QED) is 0.789. The Morgan fingerprint density at radius 3 is 2.88 bits per heavy atom. The Morgan fingerprint density at radius 2 is 2.04 bits per heavy atom. The molecule has 1 atom stereocenters. The molecule has 4 nitrogen and oxygen atoms in total. The molecule has 2 heterocycles. The van der Waals surface area contributed by atoms with E-state index in [4.69, 9.17) is 17.2 Å². The normalized spacial score (nSPS) is 22.3. The van der Waals surface area contributed by atoms with Crippen LogP contribution in [0.2, 0.25) is 0 Å². The molecule has 1 aliphatic heterocycles. The second-order valence-corrected chi connectivity index (χ2v) is 8.10. The average Bonchev–Trinajstić information content (AvgIpc) is 3.06. The Kier molecular flexibility index (Phi) is 4.93. The van der Waals surface area contributed by atoms with E-state index in [0.29, 0.717) is 12.0 Å². The molecule has 1 saturated heterocycles. The molecule has 2 N–H and O–H groups in total. The minimum Gasteiger partial charge on any atom is -0.360 e. The fourth-order valence-electron chi connectivity index (χ4n) is 4.23. The van der Waals surface area contributed by atoms with Crippen molar-refractivity contribution in [3.05, 3.63) is 29.6 Å². The van der Waals surface area contributed by atoms with Crippen molar-refractivity contribution in [3.8, 4) is 0 Å². The first kappa shape index (κ1) is 16.8. The highest BCUT2D eigenvalue weighted by molar-refractivity contribution is 7.80. The molecule has 2 aliphatic rings. The summed E-state index contributed by atoms with van der Waals surface area (Å²) in [5.74, 6) is 1.55. The first-order valence-corrected chi connectivity index (χ1v) is 10.1. The van der Waals surface area contributed by atoms with Crippen LogP contribution in [-0.2, 0) is 0 Å². The molecule has 1 saturated carbocycles.